The maximum absolute atomic E-state index is 5.54. The van der Waals surface area contributed by atoms with Gasteiger partial charge in [-0.05, 0) is 61.2 Å². The van der Waals surface area contributed by atoms with Crippen molar-refractivity contribution in [2.24, 2.45) is 10.2 Å². The lowest BCUT2D eigenvalue weighted by Gasteiger charge is -2.11. The lowest BCUT2D eigenvalue weighted by molar-refractivity contribution is 0.114. The average Bonchev–Trinajstić information content (AvgIpc) is 3.46. The lowest BCUT2D eigenvalue weighted by Crippen LogP contribution is -2.37. The van der Waals surface area contributed by atoms with Crippen LogP contribution in [0.3, 0.4) is 0 Å². The zero-order valence-corrected chi connectivity index (χ0v) is 18.4. The zero-order chi connectivity index (χ0) is 21.0. The van der Waals surface area contributed by atoms with E-state index in [1.165, 1.54) is 0 Å². The Morgan fingerprint density at radius 1 is 0.833 bits per heavy atom. The summed E-state index contributed by atoms with van der Waals surface area (Å²) in [4.78, 5) is 0. The molecule has 162 valence electrons. The highest BCUT2D eigenvalue weighted by Gasteiger charge is 2.15. The van der Waals surface area contributed by atoms with Gasteiger partial charge < -0.3 is 20.1 Å². The maximum atomic E-state index is 5.54. The van der Waals surface area contributed by atoms with Gasteiger partial charge >= 0.3 is 0 Å². The summed E-state index contributed by atoms with van der Waals surface area (Å²) in [7, 11) is 0. The Labute approximate surface area is 187 Å². The molecular formula is C20H28N6O2S2. The molecule has 4 N–H and O–H groups in total. The fraction of sp³-hybridized carbons (Fsp3) is 0.500. The van der Waals surface area contributed by atoms with Gasteiger partial charge in [0, 0.05) is 26.3 Å². The molecule has 2 aliphatic rings. The monoisotopic (exact) mass is 448 g/mol. The van der Waals surface area contributed by atoms with E-state index in [9.17, 15) is 0 Å². The number of nitrogens with one attached hydrogen (secondary N) is 4. The van der Waals surface area contributed by atoms with Gasteiger partial charge in [0.05, 0.1) is 24.6 Å². The van der Waals surface area contributed by atoms with Crippen LogP contribution in [0, 0.1) is 0 Å². The summed E-state index contributed by atoms with van der Waals surface area (Å²) in [5.41, 5.74) is 7.53. The molecule has 0 bridgehead atoms. The van der Waals surface area contributed by atoms with Crippen molar-refractivity contribution in [3.8, 4) is 0 Å². The molecule has 8 nitrogen and oxygen atoms in total. The van der Waals surface area contributed by atoms with Crippen molar-refractivity contribution in [2.75, 3.05) is 26.3 Å². The SMILES string of the molecule is S=C(NCC1CCCO1)N/N=C/c1ccc(/C=N/NC(=S)NCC2CCCO2)cc1. The Balaban J connectivity index is 1.32. The van der Waals surface area contributed by atoms with Crippen LogP contribution in [-0.2, 0) is 9.47 Å². The van der Waals surface area contributed by atoms with E-state index in [2.05, 4.69) is 31.7 Å². The first kappa shape index (κ1) is 22.5. The molecule has 2 aliphatic heterocycles. The molecule has 0 aromatic heterocycles. The number of rotatable bonds is 8. The smallest absolute Gasteiger partial charge is 0.187 e. The summed E-state index contributed by atoms with van der Waals surface area (Å²) in [5, 5.41) is 15.5. The topological polar surface area (TPSA) is 91.3 Å². The van der Waals surface area contributed by atoms with Crippen molar-refractivity contribution in [3.63, 3.8) is 0 Å². The fourth-order valence-electron chi connectivity index (χ4n) is 3.10. The van der Waals surface area contributed by atoms with E-state index in [0.717, 1.165) is 50.0 Å². The number of thiocarbonyl (C=S) groups is 2. The third kappa shape index (κ3) is 8.31. The van der Waals surface area contributed by atoms with Gasteiger partial charge in [-0.2, -0.15) is 10.2 Å². The largest absolute Gasteiger partial charge is 0.376 e. The van der Waals surface area contributed by atoms with Crippen molar-refractivity contribution in [1.29, 1.82) is 0 Å². The Morgan fingerprint density at radius 2 is 1.27 bits per heavy atom. The molecule has 0 aliphatic carbocycles. The first-order valence-electron chi connectivity index (χ1n) is 10.2. The standard InChI is InChI=1S/C20H28N6O2S2/c29-19(21-13-17-3-1-9-27-17)25-23-11-15-5-7-16(8-6-15)12-24-26-20(30)22-14-18-4-2-10-28-18/h5-8,11-12,17-18H,1-4,9-10,13-14H2,(H2,21,25,29)(H2,22,26,30)/b23-11+,24-12+. The normalized spacial score (nSPS) is 21.2. The molecule has 2 atom stereocenters. The van der Waals surface area contributed by atoms with E-state index in [1.54, 1.807) is 12.4 Å². The van der Waals surface area contributed by atoms with Gasteiger partial charge in [-0.25, -0.2) is 0 Å². The van der Waals surface area contributed by atoms with Gasteiger partial charge in [-0.15, -0.1) is 0 Å². The Morgan fingerprint density at radius 3 is 1.63 bits per heavy atom. The van der Waals surface area contributed by atoms with Crippen molar-refractivity contribution in [1.82, 2.24) is 21.5 Å². The molecule has 0 radical (unpaired) electrons. The molecule has 2 saturated heterocycles. The molecule has 1 aromatic rings. The molecule has 0 spiro atoms. The van der Waals surface area contributed by atoms with Gasteiger partial charge in [0.2, 0.25) is 0 Å². The predicted octanol–water partition coefficient (Wildman–Crippen LogP) is 1.64. The highest BCUT2D eigenvalue weighted by Crippen LogP contribution is 2.11. The quantitative estimate of drug-likeness (QED) is 0.271. The second-order valence-corrected chi connectivity index (χ2v) is 7.91. The van der Waals surface area contributed by atoms with Gasteiger partial charge in [0.1, 0.15) is 0 Å². The lowest BCUT2D eigenvalue weighted by atomic mass is 10.2. The highest BCUT2D eigenvalue weighted by molar-refractivity contribution is 7.80. The van der Waals surface area contributed by atoms with Crippen molar-refractivity contribution in [2.45, 2.75) is 37.9 Å². The van der Waals surface area contributed by atoms with E-state index in [0.29, 0.717) is 23.3 Å². The van der Waals surface area contributed by atoms with Crippen LogP contribution >= 0.6 is 24.4 Å². The second-order valence-electron chi connectivity index (χ2n) is 7.10. The molecule has 2 unspecified atom stereocenters. The van der Waals surface area contributed by atoms with Gasteiger partial charge in [-0.3, -0.25) is 10.9 Å². The first-order valence-corrected chi connectivity index (χ1v) is 11.0. The van der Waals surface area contributed by atoms with Crippen LogP contribution in [0.1, 0.15) is 36.8 Å². The summed E-state index contributed by atoms with van der Waals surface area (Å²) in [6, 6.07) is 7.79. The molecule has 0 saturated carbocycles. The molecule has 3 rings (SSSR count). The summed E-state index contributed by atoms with van der Waals surface area (Å²) >= 11 is 10.4. The molecule has 1 aromatic carbocycles. The van der Waals surface area contributed by atoms with Crippen LogP contribution in [-0.4, -0.2) is 61.2 Å². The molecule has 0 amide bonds. The number of hydrazone groups is 2. The molecule has 2 heterocycles. The zero-order valence-electron chi connectivity index (χ0n) is 16.8. The van der Waals surface area contributed by atoms with Crippen molar-refractivity contribution < 1.29 is 9.47 Å². The maximum Gasteiger partial charge on any atom is 0.187 e. The Kier molecular flexibility index (Phi) is 9.42. The van der Waals surface area contributed by atoms with Crippen LogP contribution in [0.4, 0.5) is 0 Å². The summed E-state index contributed by atoms with van der Waals surface area (Å²) < 4.78 is 11.1. The van der Waals surface area contributed by atoms with E-state index >= 15 is 0 Å². The molecule has 10 heteroatoms. The summed E-state index contributed by atoms with van der Waals surface area (Å²) in [5.74, 6) is 0. The van der Waals surface area contributed by atoms with Crippen LogP contribution in [0.2, 0.25) is 0 Å². The highest BCUT2D eigenvalue weighted by atomic mass is 32.1. The number of hydrogen-bond donors (Lipinski definition) is 4. The van der Waals surface area contributed by atoms with E-state index in [-0.39, 0.29) is 12.2 Å². The summed E-state index contributed by atoms with van der Waals surface area (Å²) in [6.45, 7) is 3.08. The number of ether oxygens (including phenoxy) is 2. The van der Waals surface area contributed by atoms with E-state index in [4.69, 9.17) is 33.9 Å². The van der Waals surface area contributed by atoms with Crippen LogP contribution < -0.4 is 21.5 Å². The van der Waals surface area contributed by atoms with Gasteiger partial charge in [0.25, 0.3) is 0 Å². The fourth-order valence-corrected chi connectivity index (χ4v) is 3.37. The minimum absolute atomic E-state index is 0.240. The predicted molar refractivity (Wildman–Crippen MR) is 127 cm³/mol. The number of hydrogen-bond acceptors (Lipinski definition) is 6. The third-order valence-corrected chi connectivity index (χ3v) is 5.20. The van der Waals surface area contributed by atoms with Crippen LogP contribution in [0.25, 0.3) is 0 Å². The molecule has 2 fully saturated rings. The van der Waals surface area contributed by atoms with Crippen molar-refractivity contribution in [3.05, 3.63) is 35.4 Å². The Bertz CT molecular complexity index is 681. The molecular weight excluding hydrogens is 420 g/mol. The summed E-state index contributed by atoms with van der Waals surface area (Å²) in [6.07, 6.45) is 8.27. The Hall–Kier alpha value is -2.14. The average molecular weight is 449 g/mol. The van der Waals surface area contributed by atoms with Gasteiger partial charge in [-0.1, -0.05) is 24.3 Å². The second kappa shape index (κ2) is 12.5. The first-order chi connectivity index (χ1) is 14.7. The number of benzene rings is 1. The minimum atomic E-state index is 0.240. The van der Waals surface area contributed by atoms with Gasteiger partial charge in [0.15, 0.2) is 10.2 Å². The molecule has 30 heavy (non-hydrogen) atoms. The third-order valence-electron chi connectivity index (χ3n) is 4.72. The van der Waals surface area contributed by atoms with E-state index < -0.39 is 0 Å². The van der Waals surface area contributed by atoms with E-state index in [1.807, 2.05) is 24.3 Å². The van der Waals surface area contributed by atoms with Crippen molar-refractivity contribution >= 4 is 47.1 Å². The minimum Gasteiger partial charge on any atom is -0.376 e. The van der Waals surface area contributed by atoms with Crippen LogP contribution in [0.5, 0.6) is 0 Å². The number of nitrogens with zero attached hydrogens (tertiary/aromatic N) is 2. The van der Waals surface area contributed by atoms with Crippen LogP contribution in [0.15, 0.2) is 34.5 Å².